The molecule has 0 radical (unpaired) electrons. The van der Waals surface area contributed by atoms with Gasteiger partial charge in [-0.3, -0.25) is 4.90 Å². The van der Waals surface area contributed by atoms with Crippen molar-refractivity contribution in [3.63, 3.8) is 0 Å². The molecule has 0 bridgehead atoms. The zero-order chi connectivity index (χ0) is 16.1. The lowest BCUT2D eigenvalue weighted by atomic mass is 10.1. The van der Waals surface area contributed by atoms with E-state index >= 15 is 0 Å². The number of rotatable bonds is 7. The van der Waals surface area contributed by atoms with E-state index in [1.807, 2.05) is 19.1 Å². The Labute approximate surface area is 140 Å². The van der Waals surface area contributed by atoms with E-state index in [1.54, 1.807) is 6.07 Å². The highest BCUT2D eigenvalue weighted by atomic mass is 35.5. The van der Waals surface area contributed by atoms with Crippen LogP contribution in [0.15, 0.2) is 22.7 Å². The molecule has 2 aromatic rings. The van der Waals surface area contributed by atoms with Crippen molar-refractivity contribution in [1.82, 2.24) is 10.1 Å². The molecule has 1 N–H and O–H groups in total. The predicted octanol–water partition coefficient (Wildman–Crippen LogP) is 3.85. The first-order valence-corrected chi connectivity index (χ1v) is 8.01. The van der Waals surface area contributed by atoms with Crippen molar-refractivity contribution in [3.8, 4) is 0 Å². The predicted molar refractivity (Wildman–Crippen MR) is 88.3 cm³/mol. The largest absolute Gasteiger partial charge is 0.395 e. The van der Waals surface area contributed by atoms with E-state index < -0.39 is 0 Å². The van der Waals surface area contributed by atoms with Gasteiger partial charge in [-0.25, -0.2) is 0 Å². The van der Waals surface area contributed by atoms with Crippen LogP contribution < -0.4 is 0 Å². The van der Waals surface area contributed by atoms with E-state index in [4.69, 9.17) is 27.7 Å². The van der Waals surface area contributed by atoms with Gasteiger partial charge in [-0.1, -0.05) is 41.3 Å². The molecule has 0 aliphatic heterocycles. The van der Waals surface area contributed by atoms with Gasteiger partial charge < -0.3 is 9.63 Å². The summed E-state index contributed by atoms with van der Waals surface area (Å²) < 4.78 is 5.27. The van der Waals surface area contributed by atoms with E-state index in [2.05, 4.69) is 17.0 Å². The van der Waals surface area contributed by atoms with Gasteiger partial charge in [0.15, 0.2) is 0 Å². The Hall–Kier alpha value is -1.07. The second-order valence-electron chi connectivity index (χ2n) is 5.20. The summed E-state index contributed by atoms with van der Waals surface area (Å²) in [6, 6.07) is 5.59. The molecule has 6 heteroatoms. The summed E-state index contributed by atoms with van der Waals surface area (Å²) in [6.07, 6.45) is 0.826. The molecular formula is C16H20Cl2N2O2. The van der Waals surface area contributed by atoms with Gasteiger partial charge in [0.1, 0.15) is 5.76 Å². The monoisotopic (exact) mass is 342 g/mol. The highest BCUT2D eigenvalue weighted by Gasteiger charge is 2.16. The summed E-state index contributed by atoms with van der Waals surface area (Å²) in [5.41, 5.74) is 3.11. The molecule has 0 saturated carbocycles. The average Bonchev–Trinajstić information content (AvgIpc) is 2.84. The third-order valence-corrected chi connectivity index (χ3v) is 4.33. The van der Waals surface area contributed by atoms with Crippen LogP contribution in [0, 0.1) is 6.92 Å². The lowest BCUT2D eigenvalue weighted by Gasteiger charge is -2.21. The summed E-state index contributed by atoms with van der Waals surface area (Å²) in [4.78, 5) is 2.14. The summed E-state index contributed by atoms with van der Waals surface area (Å²) in [5, 5.41) is 14.5. The standard InChI is InChI=1S/C16H20Cl2N2O2/c1-3-16-13(11(2)22-19-16)10-20(6-7-21)9-12-4-5-14(17)15(18)8-12/h4-5,8,21H,3,6-7,9-10H2,1-2H3. The number of hydrogen-bond acceptors (Lipinski definition) is 4. The zero-order valence-electron chi connectivity index (χ0n) is 12.8. The molecule has 0 fully saturated rings. The van der Waals surface area contributed by atoms with Crippen molar-refractivity contribution < 1.29 is 9.63 Å². The average molecular weight is 343 g/mol. The van der Waals surface area contributed by atoms with E-state index in [-0.39, 0.29) is 6.61 Å². The third kappa shape index (κ3) is 4.23. The third-order valence-electron chi connectivity index (χ3n) is 3.59. The fourth-order valence-corrected chi connectivity index (χ4v) is 2.71. The van der Waals surface area contributed by atoms with Gasteiger partial charge in [-0.2, -0.15) is 0 Å². The molecule has 120 valence electrons. The van der Waals surface area contributed by atoms with E-state index in [1.165, 1.54) is 0 Å². The summed E-state index contributed by atoms with van der Waals surface area (Å²) in [6.45, 7) is 5.97. The SMILES string of the molecule is CCc1noc(C)c1CN(CCO)Cc1ccc(Cl)c(Cl)c1. The van der Waals surface area contributed by atoms with Crippen molar-refractivity contribution >= 4 is 23.2 Å². The van der Waals surface area contributed by atoms with Crippen molar-refractivity contribution in [2.24, 2.45) is 0 Å². The highest BCUT2D eigenvalue weighted by Crippen LogP contribution is 2.24. The molecule has 1 heterocycles. The Morgan fingerprint density at radius 3 is 2.64 bits per heavy atom. The van der Waals surface area contributed by atoms with E-state index in [9.17, 15) is 5.11 Å². The number of nitrogens with zero attached hydrogens (tertiary/aromatic N) is 2. The first-order valence-electron chi connectivity index (χ1n) is 7.26. The van der Waals surface area contributed by atoms with Gasteiger partial charge in [0.2, 0.25) is 0 Å². The van der Waals surface area contributed by atoms with Gasteiger partial charge in [0.25, 0.3) is 0 Å². The van der Waals surface area contributed by atoms with Gasteiger partial charge in [-0.05, 0) is 31.0 Å². The maximum absolute atomic E-state index is 9.31. The molecule has 0 amide bonds. The van der Waals surface area contributed by atoms with Crippen LogP contribution in [0.25, 0.3) is 0 Å². The molecule has 0 aliphatic rings. The van der Waals surface area contributed by atoms with Crippen molar-refractivity contribution in [2.75, 3.05) is 13.2 Å². The van der Waals surface area contributed by atoms with Gasteiger partial charge in [0.05, 0.1) is 22.3 Å². The number of halogens is 2. The van der Waals surface area contributed by atoms with Crippen molar-refractivity contribution in [3.05, 3.63) is 50.8 Å². The van der Waals surface area contributed by atoms with Crippen LogP contribution >= 0.6 is 23.2 Å². The molecule has 2 rings (SSSR count). The smallest absolute Gasteiger partial charge is 0.138 e. The number of aryl methyl sites for hydroxylation is 2. The maximum atomic E-state index is 9.31. The molecule has 0 aliphatic carbocycles. The zero-order valence-corrected chi connectivity index (χ0v) is 14.3. The normalized spacial score (nSPS) is 11.4. The Kier molecular flexibility index (Phi) is 6.26. The molecule has 0 saturated heterocycles. The lowest BCUT2D eigenvalue weighted by Crippen LogP contribution is -2.26. The van der Waals surface area contributed by atoms with E-state index in [0.717, 1.165) is 29.0 Å². The summed E-state index contributed by atoms with van der Waals surface area (Å²) in [7, 11) is 0. The molecule has 0 atom stereocenters. The van der Waals surface area contributed by atoms with Crippen LogP contribution in [0.2, 0.25) is 10.0 Å². The second-order valence-corrected chi connectivity index (χ2v) is 6.01. The first-order chi connectivity index (χ1) is 10.5. The topological polar surface area (TPSA) is 49.5 Å². The molecule has 22 heavy (non-hydrogen) atoms. The Morgan fingerprint density at radius 1 is 1.23 bits per heavy atom. The molecule has 0 unspecified atom stereocenters. The summed E-state index contributed by atoms with van der Waals surface area (Å²) in [5.74, 6) is 0.828. The van der Waals surface area contributed by atoms with Crippen molar-refractivity contribution in [1.29, 1.82) is 0 Å². The quantitative estimate of drug-likeness (QED) is 0.830. The Balaban J connectivity index is 2.15. The van der Waals surface area contributed by atoms with Crippen LogP contribution in [0.1, 0.15) is 29.5 Å². The Bertz CT molecular complexity index is 629. The van der Waals surface area contributed by atoms with Crippen LogP contribution in [0.4, 0.5) is 0 Å². The Morgan fingerprint density at radius 2 is 2.00 bits per heavy atom. The fraction of sp³-hybridized carbons (Fsp3) is 0.438. The number of aliphatic hydroxyl groups is 1. The minimum absolute atomic E-state index is 0.0904. The van der Waals surface area contributed by atoms with Crippen LogP contribution in [0.5, 0.6) is 0 Å². The highest BCUT2D eigenvalue weighted by molar-refractivity contribution is 6.42. The van der Waals surface area contributed by atoms with Gasteiger partial charge >= 0.3 is 0 Å². The second kappa shape index (κ2) is 7.97. The molecule has 1 aromatic heterocycles. The van der Waals surface area contributed by atoms with Crippen LogP contribution in [0.3, 0.4) is 0 Å². The molecule has 1 aromatic carbocycles. The van der Waals surface area contributed by atoms with Crippen molar-refractivity contribution in [2.45, 2.75) is 33.4 Å². The number of aromatic nitrogens is 1. The molecular weight excluding hydrogens is 323 g/mol. The fourth-order valence-electron chi connectivity index (χ4n) is 2.39. The van der Waals surface area contributed by atoms with Gasteiger partial charge in [-0.15, -0.1) is 0 Å². The molecule has 4 nitrogen and oxygen atoms in total. The number of aliphatic hydroxyl groups excluding tert-OH is 1. The minimum Gasteiger partial charge on any atom is -0.395 e. The molecule has 0 spiro atoms. The van der Waals surface area contributed by atoms with Gasteiger partial charge in [0, 0.05) is 25.2 Å². The first kappa shape index (κ1) is 17.3. The minimum atomic E-state index is 0.0904. The number of benzene rings is 1. The maximum Gasteiger partial charge on any atom is 0.138 e. The van der Waals surface area contributed by atoms with Crippen LogP contribution in [-0.2, 0) is 19.5 Å². The van der Waals surface area contributed by atoms with E-state index in [0.29, 0.717) is 29.7 Å². The number of hydrogen-bond donors (Lipinski definition) is 1. The lowest BCUT2D eigenvalue weighted by molar-refractivity contribution is 0.183. The van der Waals surface area contributed by atoms with Crippen LogP contribution in [-0.4, -0.2) is 28.3 Å². The summed E-state index contributed by atoms with van der Waals surface area (Å²) >= 11 is 12.0.